The number of nitrogens with zero attached hydrogens (tertiary/aromatic N) is 1. The lowest BCUT2D eigenvalue weighted by Gasteiger charge is -2.26. The number of benzene rings is 1. The van der Waals surface area contributed by atoms with E-state index in [1.807, 2.05) is 0 Å². The van der Waals surface area contributed by atoms with E-state index in [-0.39, 0.29) is 0 Å². The van der Waals surface area contributed by atoms with Crippen molar-refractivity contribution in [1.29, 1.82) is 0 Å². The van der Waals surface area contributed by atoms with Gasteiger partial charge in [0.15, 0.2) is 0 Å². The summed E-state index contributed by atoms with van der Waals surface area (Å²) in [6, 6.07) is 6.48. The van der Waals surface area contributed by atoms with Crippen LogP contribution in [0.2, 0.25) is 0 Å². The van der Waals surface area contributed by atoms with Gasteiger partial charge in [-0.2, -0.15) is 0 Å². The molecule has 17 heavy (non-hydrogen) atoms. The van der Waals surface area contributed by atoms with Gasteiger partial charge in [0, 0.05) is 19.8 Å². The number of hydrogen-bond donors (Lipinski definition) is 1. The fourth-order valence-electron chi connectivity index (χ4n) is 2.45. The molecule has 1 heterocycles. The second-order valence-corrected chi connectivity index (χ2v) is 4.84. The zero-order valence-electron chi connectivity index (χ0n) is 11.0. The molecule has 0 aliphatic carbocycles. The van der Waals surface area contributed by atoms with Crippen molar-refractivity contribution in [2.75, 3.05) is 39.2 Å². The number of methoxy groups -OCH3 is 1. The van der Waals surface area contributed by atoms with Crippen molar-refractivity contribution >= 4 is 5.69 Å². The second kappa shape index (κ2) is 5.41. The van der Waals surface area contributed by atoms with Crippen LogP contribution in [0.25, 0.3) is 0 Å². The van der Waals surface area contributed by atoms with Crippen molar-refractivity contribution in [2.45, 2.75) is 18.8 Å². The summed E-state index contributed by atoms with van der Waals surface area (Å²) in [5.74, 6) is 1.66. The van der Waals surface area contributed by atoms with Crippen LogP contribution in [0.1, 0.15) is 24.3 Å². The van der Waals surface area contributed by atoms with Gasteiger partial charge in [-0.15, -0.1) is 0 Å². The summed E-state index contributed by atoms with van der Waals surface area (Å²) in [5, 5.41) is 3.41. The summed E-state index contributed by atoms with van der Waals surface area (Å²) >= 11 is 0. The molecule has 0 saturated carbocycles. The first-order valence-corrected chi connectivity index (χ1v) is 6.28. The Morgan fingerprint density at radius 1 is 1.24 bits per heavy atom. The van der Waals surface area contributed by atoms with E-state index in [2.05, 4.69) is 42.5 Å². The molecule has 94 valence electrons. The molecule has 0 atom stereocenters. The molecule has 1 aliphatic heterocycles. The molecule has 0 aromatic heterocycles. The molecule has 1 aliphatic rings. The summed E-state index contributed by atoms with van der Waals surface area (Å²) in [7, 11) is 5.91. The van der Waals surface area contributed by atoms with Gasteiger partial charge in [0.25, 0.3) is 0 Å². The Bertz CT molecular complexity index is 370. The lowest BCUT2D eigenvalue weighted by atomic mass is 9.89. The van der Waals surface area contributed by atoms with E-state index < -0.39 is 0 Å². The molecule has 0 spiro atoms. The number of nitrogens with one attached hydrogen (secondary N) is 1. The van der Waals surface area contributed by atoms with E-state index in [9.17, 15) is 0 Å². The fraction of sp³-hybridized carbons (Fsp3) is 0.571. The molecule has 3 nitrogen and oxygen atoms in total. The van der Waals surface area contributed by atoms with Gasteiger partial charge in [0.1, 0.15) is 5.75 Å². The molecule has 0 radical (unpaired) electrons. The Morgan fingerprint density at radius 2 is 1.94 bits per heavy atom. The molecule has 1 aromatic carbocycles. The Kier molecular flexibility index (Phi) is 3.89. The second-order valence-electron chi connectivity index (χ2n) is 4.84. The average molecular weight is 234 g/mol. The first-order valence-electron chi connectivity index (χ1n) is 6.28. The summed E-state index contributed by atoms with van der Waals surface area (Å²) in [5.41, 5.74) is 2.61. The van der Waals surface area contributed by atoms with Crippen molar-refractivity contribution in [3.05, 3.63) is 23.8 Å². The van der Waals surface area contributed by atoms with Gasteiger partial charge in [-0.25, -0.2) is 0 Å². The van der Waals surface area contributed by atoms with Crippen LogP contribution in [0.15, 0.2) is 18.2 Å². The maximum atomic E-state index is 5.49. The SMILES string of the molecule is COc1ccc(N(C)C)cc1C1CCNCC1. The third-order valence-corrected chi connectivity index (χ3v) is 3.51. The predicted molar refractivity (Wildman–Crippen MR) is 72.2 cm³/mol. The standard InChI is InChI=1S/C14H22N2O/c1-16(2)12-4-5-14(17-3)13(10-12)11-6-8-15-9-7-11/h4-5,10-11,15H,6-9H2,1-3H3. The first kappa shape index (κ1) is 12.2. The van der Waals surface area contributed by atoms with E-state index in [0.717, 1.165) is 18.8 Å². The minimum Gasteiger partial charge on any atom is -0.496 e. The molecule has 1 fully saturated rings. The zero-order chi connectivity index (χ0) is 12.3. The fourth-order valence-corrected chi connectivity index (χ4v) is 2.45. The average Bonchev–Trinajstić information content (AvgIpc) is 2.39. The lowest BCUT2D eigenvalue weighted by Crippen LogP contribution is -2.27. The van der Waals surface area contributed by atoms with Crippen LogP contribution in [0.3, 0.4) is 0 Å². The molecule has 0 bridgehead atoms. The van der Waals surface area contributed by atoms with Gasteiger partial charge >= 0.3 is 0 Å². The van der Waals surface area contributed by atoms with Gasteiger partial charge in [-0.3, -0.25) is 0 Å². The highest BCUT2D eigenvalue weighted by Gasteiger charge is 2.19. The molecular weight excluding hydrogens is 212 g/mol. The molecule has 1 N–H and O–H groups in total. The Labute approximate surface area is 104 Å². The van der Waals surface area contributed by atoms with Crippen molar-refractivity contribution in [3.8, 4) is 5.75 Å². The van der Waals surface area contributed by atoms with Crippen LogP contribution < -0.4 is 15.0 Å². The first-order chi connectivity index (χ1) is 8.22. The number of rotatable bonds is 3. The van der Waals surface area contributed by atoms with Crippen molar-refractivity contribution < 1.29 is 4.74 Å². The Morgan fingerprint density at radius 3 is 2.53 bits per heavy atom. The highest BCUT2D eigenvalue weighted by Crippen LogP contribution is 2.35. The van der Waals surface area contributed by atoms with E-state index in [4.69, 9.17) is 4.74 Å². The summed E-state index contributed by atoms with van der Waals surface area (Å²) in [6.45, 7) is 2.22. The van der Waals surface area contributed by atoms with Crippen molar-refractivity contribution in [2.24, 2.45) is 0 Å². The molecule has 0 amide bonds. The van der Waals surface area contributed by atoms with E-state index >= 15 is 0 Å². The molecule has 1 saturated heterocycles. The molecule has 0 unspecified atom stereocenters. The van der Waals surface area contributed by atoms with Gasteiger partial charge in [0.05, 0.1) is 7.11 Å². The monoisotopic (exact) mass is 234 g/mol. The van der Waals surface area contributed by atoms with Crippen molar-refractivity contribution in [1.82, 2.24) is 5.32 Å². The molecule has 3 heteroatoms. The van der Waals surface area contributed by atoms with Crippen LogP contribution >= 0.6 is 0 Å². The quantitative estimate of drug-likeness (QED) is 0.868. The van der Waals surface area contributed by atoms with E-state index in [1.54, 1.807) is 7.11 Å². The summed E-state index contributed by atoms with van der Waals surface area (Å²) in [6.07, 6.45) is 2.40. The van der Waals surface area contributed by atoms with Crippen molar-refractivity contribution in [3.63, 3.8) is 0 Å². The number of piperidine rings is 1. The summed E-state index contributed by atoms with van der Waals surface area (Å²) in [4.78, 5) is 2.14. The van der Waals surface area contributed by atoms with E-state index in [1.165, 1.54) is 24.1 Å². The number of hydrogen-bond acceptors (Lipinski definition) is 3. The number of ether oxygens (including phenoxy) is 1. The third-order valence-electron chi connectivity index (χ3n) is 3.51. The molecule has 1 aromatic rings. The predicted octanol–water partition coefficient (Wildman–Crippen LogP) is 2.23. The minimum atomic E-state index is 0.631. The maximum Gasteiger partial charge on any atom is 0.122 e. The van der Waals surface area contributed by atoms with Gasteiger partial charge < -0.3 is 15.0 Å². The lowest BCUT2D eigenvalue weighted by molar-refractivity contribution is 0.391. The van der Waals surface area contributed by atoms with Gasteiger partial charge in [-0.05, 0) is 55.6 Å². The molecule has 2 rings (SSSR count). The van der Waals surface area contributed by atoms with Crippen LogP contribution in [0, 0.1) is 0 Å². The Hall–Kier alpha value is -1.22. The maximum absolute atomic E-state index is 5.49. The normalized spacial score (nSPS) is 16.9. The third kappa shape index (κ3) is 2.72. The van der Waals surface area contributed by atoms with Gasteiger partial charge in [-0.1, -0.05) is 0 Å². The van der Waals surface area contributed by atoms with Gasteiger partial charge in [0.2, 0.25) is 0 Å². The highest BCUT2D eigenvalue weighted by molar-refractivity contribution is 5.53. The van der Waals surface area contributed by atoms with Crippen LogP contribution in [-0.2, 0) is 0 Å². The van der Waals surface area contributed by atoms with Crippen LogP contribution in [0.4, 0.5) is 5.69 Å². The topological polar surface area (TPSA) is 24.5 Å². The summed E-state index contributed by atoms with van der Waals surface area (Å²) < 4.78 is 5.49. The largest absolute Gasteiger partial charge is 0.496 e. The van der Waals surface area contributed by atoms with Crippen LogP contribution in [0.5, 0.6) is 5.75 Å². The molecular formula is C14H22N2O. The smallest absolute Gasteiger partial charge is 0.122 e. The minimum absolute atomic E-state index is 0.631. The zero-order valence-corrected chi connectivity index (χ0v) is 11.0. The highest BCUT2D eigenvalue weighted by atomic mass is 16.5. The van der Waals surface area contributed by atoms with E-state index in [0.29, 0.717) is 5.92 Å². The Balaban J connectivity index is 2.30. The number of anilines is 1. The van der Waals surface area contributed by atoms with Crippen LogP contribution in [-0.4, -0.2) is 34.3 Å².